The Labute approximate surface area is 488 Å². The van der Waals surface area contributed by atoms with Gasteiger partial charge in [-0.15, -0.1) is 0 Å². The predicted octanol–water partition coefficient (Wildman–Crippen LogP) is 22.9. The highest BCUT2D eigenvalue weighted by atomic mass is 16.5. The van der Waals surface area contributed by atoms with E-state index in [2.05, 4.69) is 31.3 Å². The number of nitrogens with one attached hydrogen (secondary N) is 1. The van der Waals surface area contributed by atoms with Gasteiger partial charge in [0.1, 0.15) is 0 Å². The molecule has 3 N–H and O–H groups in total. The first-order chi connectivity index (χ1) is 38.5. The third-order valence-electron chi connectivity index (χ3n) is 16.7. The summed E-state index contributed by atoms with van der Waals surface area (Å²) in [5.41, 5.74) is 0. The highest BCUT2D eigenvalue weighted by molar-refractivity contribution is 5.76. The molecule has 1 amide bonds. The Morgan fingerprint density at radius 3 is 0.910 bits per heavy atom. The van der Waals surface area contributed by atoms with Gasteiger partial charge in [0.15, 0.2) is 0 Å². The molecule has 0 aromatic heterocycles. The number of carbonyl (C=O) groups excluding carboxylic acids is 2. The average Bonchev–Trinajstić information content (AvgIpc) is 3.44. The number of amides is 1. The zero-order valence-electron chi connectivity index (χ0n) is 52.9. The van der Waals surface area contributed by atoms with Gasteiger partial charge in [-0.1, -0.05) is 353 Å². The SMILES string of the molecule is CCCCCCCCCCCCCCCCCCCCCCCC/C=C/C(O)C(CO)NC(=O)CCCCCCCCC/C=C\CCCCCCCCCCCCCCOC(=O)CCCCCCCCCCCCCCCC. The van der Waals surface area contributed by atoms with E-state index in [0.717, 1.165) is 44.9 Å². The van der Waals surface area contributed by atoms with Crippen molar-refractivity contribution in [1.82, 2.24) is 5.32 Å². The lowest BCUT2D eigenvalue weighted by molar-refractivity contribution is -0.143. The van der Waals surface area contributed by atoms with Crippen molar-refractivity contribution in [3.8, 4) is 0 Å². The van der Waals surface area contributed by atoms with Crippen LogP contribution in [0.1, 0.15) is 399 Å². The number of unbranched alkanes of at least 4 members (excludes halogenated alkanes) is 54. The number of aliphatic hydroxyl groups excluding tert-OH is 2. The maximum Gasteiger partial charge on any atom is 0.305 e. The molecule has 0 aliphatic rings. The Bertz CT molecular complexity index is 1220. The Kier molecular flexibility index (Phi) is 66.4. The zero-order valence-corrected chi connectivity index (χ0v) is 52.9. The molecule has 0 saturated heterocycles. The fourth-order valence-electron chi connectivity index (χ4n) is 11.3. The molecule has 462 valence electrons. The van der Waals surface area contributed by atoms with Crippen LogP contribution in [0.5, 0.6) is 0 Å². The number of esters is 1. The molecule has 2 atom stereocenters. The van der Waals surface area contributed by atoms with Gasteiger partial charge in [0, 0.05) is 12.8 Å². The Morgan fingerprint density at radius 1 is 0.346 bits per heavy atom. The fourth-order valence-corrected chi connectivity index (χ4v) is 11.3. The monoisotopic (exact) mass is 1100 g/mol. The van der Waals surface area contributed by atoms with Crippen molar-refractivity contribution < 1.29 is 24.5 Å². The van der Waals surface area contributed by atoms with Crippen molar-refractivity contribution >= 4 is 11.9 Å². The third kappa shape index (κ3) is 63.5. The van der Waals surface area contributed by atoms with Gasteiger partial charge < -0.3 is 20.3 Å². The minimum Gasteiger partial charge on any atom is -0.466 e. The number of aliphatic hydroxyl groups is 2. The van der Waals surface area contributed by atoms with Gasteiger partial charge in [-0.05, 0) is 57.8 Å². The van der Waals surface area contributed by atoms with Gasteiger partial charge >= 0.3 is 5.97 Å². The van der Waals surface area contributed by atoms with E-state index in [0.29, 0.717) is 19.4 Å². The third-order valence-corrected chi connectivity index (χ3v) is 16.7. The molecule has 0 rings (SSSR count). The summed E-state index contributed by atoms with van der Waals surface area (Å²) in [6, 6.07) is -0.634. The molecule has 6 heteroatoms. The molecule has 0 aromatic rings. The molecule has 0 radical (unpaired) electrons. The Hall–Kier alpha value is -1.66. The summed E-state index contributed by atoms with van der Waals surface area (Å²) in [6.45, 7) is 4.94. The lowest BCUT2D eigenvalue weighted by Gasteiger charge is -2.20. The Morgan fingerprint density at radius 2 is 0.603 bits per heavy atom. The highest BCUT2D eigenvalue weighted by Crippen LogP contribution is 2.19. The van der Waals surface area contributed by atoms with E-state index >= 15 is 0 Å². The van der Waals surface area contributed by atoms with Gasteiger partial charge in [-0.25, -0.2) is 0 Å². The van der Waals surface area contributed by atoms with Crippen LogP contribution in [0.4, 0.5) is 0 Å². The van der Waals surface area contributed by atoms with Gasteiger partial charge in [0.2, 0.25) is 5.91 Å². The van der Waals surface area contributed by atoms with E-state index in [1.807, 2.05) is 6.08 Å². The van der Waals surface area contributed by atoms with Gasteiger partial charge in [-0.3, -0.25) is 9.59 Å². The minimum absolute atomic E-state index is 0.0141. The van der Waals surface area contributed by atoms with Crippen molar-refractivity contribution in [2.75, 3.05) is 13.2 Å². The molecular formula is C72H139NO5. The number of rotatable bonds is 67. The van der Waals surface area contributed by atoms with Crippen LogP contribution in [0.3, 0.4) is 0 Å². The van der Waals surface area contributed by atoms with E-state index < -0.39 is 12.1 Å². The molecule has 6 nitrogen and oxygen atoms in total. The summed E-state index contributed by atoms with van der Waals surface area (Å²) in [6.07, 6.45) is 85.4. The molecule has 78 heavy (non-hydrogen) atoms. The van der Waals surface area contributed by atoms with Gasteiger partial charge in [0.25, 0.3) is 0 Å². The van der Waals surface area contributed by atoms with E-state index in [9.17, 15) is 19.8 Å². The van der Waals surface area contributed by atoms with Crippen molar-refractivity contribution in [3.63, 3.8) is 0 Å². The van der Waals surface area contributed by atoms with Crippen molar-refractivity contribution in [2.24, 2.45) is 0 Å². The molecular weight excluding hydrogens is 959 g/mol. The number of carbonyl (C=O) groups is 2. The van der Waals surface area contributed by atoms with E-state index in [-0.39, 0.29) is 18.5 Å². The summed E-state index contributed by atoms with van der Waals surface area (Å²) in [5, 5.41) is 23.3. The summed E-state index contributed by atoms with van der Waals surface area (Å²) in [4.78, 5) is 24.6. The van der Waals surface area contributed by atoms with Crippen molar-refractivity contribution in [3.05, 3.63) is 24.3 Å². The quantitative estimate of drug-likeness (QED) is 0.0320. The maximum atomic E-state index is 12.5. The predicted molar refractivity (Wildman–Crippen MR) is 343 cm³/mol. The first kappa shape index (κ1) is 76.3. The normalized spacial score (nSPS) is 12.6. The summed E-state index contributed by atoms with van der Waals surface area (Å²) >= 11 is 0. The number of hydrogen-bond donors (Lipinski definition) is 3. The largest absolute Gasteiger partial charge is 0.466 e. The molecule has 0 bridgehead atoms. The smallest absolute Gasteiger partial charge is 0.305 e. The first-order valence-electron chi connectivity index (χ1n) is 35.6. The first-order valence-corrected chi connectivity index (χ1v) is 35.6. The van der Waals surface area contributed by atoms with E-state index in [1.165, 1.54) is 327 Å². The fraction of sp³-hybridized carbons (Fsp3) is 0.917. The second-order valence-corrected chi connectivity index (χ2v) is 24.6. The molecule has 0 spiro atoms. The second-order valence-electron chi connectivity index (χ2n) is 24.6. The molecule has 0 heterocycles. The molecule has 0 saturated carbocycles. The van der Waals surface area contributed by atoms with Crippen molar-refractivity contribution in [2.45, 2.75) is 411 Å². The van der Waals surface area contributed by atoms with Gasteiger partial charge in [0.05, 0.1) is 25.4 Å². The lowest BCUT2D eigenvalue weighted by atomic mass is 10.0. The summed E-state index contributed by atoms with van der Waals surface area (Å²) in [5.74, 6) is -0.0557. The number of ether oxygens (including phenoxy) is 1. The van der Waals surface area contributed by atoms with Crippen LogP contribution < -0.4 is 5.32 Å². The second kappa shape index (κ2) is 67.8. The number of allylic oxidation sites excluding steroid dienone is 3. The van der Waals surface area contributed by atoms with Crippen LogP contribution in [0.25, 0.3) is 0 Å². The molecule has 2 unspecified atom stereocenters. The number of hydrogen-bond acceptors (Lipinski definition) is 5. The van der Waals surface area contributed by atoms with E-state index in [4.69, 9.17) is 4.74 Å². The molecule has 0 aliphatic carbocycles. The summed E-state index contributed by atoms with van der Waals surface area (Å²) < 4.78 is 5.49. The van der Waals surface area contributed by atoms with Gasteiger partial charge in [-0.2, -0.15) is 0 Å². The maximum absolute atomic E-state index is 12.5. The minimum atomic E-state index is -0.850. The molecule has 0 fully saturated rings. The lowest BCUT2D eigenvalue weighted by Crippen LogP contribution is -2.45. The average molecular weight is 1100 g/mol. The van der Waals surface area contributed by atoms with Crippen LogP contribution in [0.15, 0.2) is 24.3 Å². The van der Waals surface area contributed by atoms with Crippen molar-refractivity contribution in [1.29, 1.82) is 0 Å². The summed E-state index contributed by atoms with van der Waals surface area (Å²) in [7, 11) is 0. The van der Waals surface area contributed by atoms with Crippen LogP contribution in [-0.4, -0.2) is 47.4 Å². The topological polar surface area (TPSA) is 95.9 Å². The van der Waals surface area contributed by atoms with Crippen LogP contribution >= 0.6 is 0 Å². The van der Waals surface area contributed by atoms with Crippen LogP contribution in [0.2, 0.25) is 0 Å². The highest BCUT2D eigenvalue weighted by Gasteiger charge is 2.18. The zero-order chi connectivity index (χ0) is 56.4. The standard InChI is InChI=1S/C72H139NO5/c1-3-5-7-9-11-13-15-17-19-20-21-22-23-25-28-31-34-37-40-44-48-52-56-60-64-70(75)69(68-74)73-71(76)65-61-57-53-49-45-41-38-35-32-29-26-24-27-30-33-36-39-43-47-51-55-59-63-67-78-72(77)66-62-58-54-50-46-42-18-16-14-12-10-8-6-4-2/h29,32,60,64,69-70,74-75H,3-28,30-31,33-59,61-63,65-68H2,1-2H3,(H,73,76)/b32-29-,64-60+. The van der Waals surface area contributed by atoms with E-state index in [1.54, 1.807) is 6.08 Å². The van der Waals surface area contributed by atoms with Crippen LogP contribution in [-0.2, 0) is 14.3 Å². The Balaban J connectivity index is 3.43. The molecule has 0 aliphatic heterocycles. The molecule has 0 aromatic carbocycles. The van der Waals surface area contributed by atoms with Crippen LogP contribution in [0, 0.1) is 0 Å².